The summed E-state index contributed by atoms with van der Waals surface area (Å²) >= 11 is 0. The zero-order valence-electron chi connectivity index (χ0n) is 8.84. The number of rotatable bonds is 1. The van der Waals surface area contributed by atoms with Crippen molar-refractivity contribution >= 4 is 5.78 Å². The summed E-state index contributed by atoms with van der Waals surface area (Å²) in [6.45, 7) is 7.10. The lowest BCUT2D eigenvalue weighted by Crippen LogP contribution is -2.48. The molecule has 3 nitrogen and oxygen atoms in total. The number of carbonyl (C=O) groups excluding carboxylic acids is 1. The van der Waals surface area contributed by atoms with Crippen LogP contribution in [0.15, 0.2) is 11.8 Å². The first-order chi connectivity index (χ1) is 6.29. The van der Waals surface area contributed by atoms with Crippen molar-refractivity contribution in [1.82, 2.24) is 0 Å². The van der Waals surface area contributed by atoms with Crippen LogP contribution in [0.5, 0.6) is 0 Å². The summed E-state index contributed by atoms with van der Waals surface area (Å²) in [6, 6.07) is 0. The van der Waals surface area contributed by atoms with Crippen molar-refractivity contribution in [2.24, 2.45) is 0 Å². The van der Waals surface area contributed by atoms with Crippen LogP contribution in [-0.4, -0.2) is 22.1 Å². The van der Waals surface area contributed by atoms with E-state index in [4.69, 9.17) is 4.74 Å². The Morgan fingerprint density at radius 3 is 2.43 bits per heavy atom. The number of ketones is 1. The van der Waals surface area contributed by atoms with Gasteiger partial charge in [0.25, 0.3) is 0 Å². The van der Waals surface area contributed by atoms with Gasteiger partial charge in [-0.05, 0) is 27.7 Å². The number of aliphatic hydroxyl groups is 1. The first-order valence-corrected chi connectivity index (χ1v) is 4.41. The minimum atomic E-state index is -1.71. The van der Waals surface area contributed by atoms with Gasteiger partial charge in [0.05, 0.1) is 0 Å². The van der Waals surface area contributed by atoms with E-state index < -0.39 is 17.0 Å². The van der Waals surface area contributed by atoms with E-state index in [1.807, 2.05) is 20.8 Å². The summed E-state index contributed by atoms with van der Waals surface area (Å²) in [5.74, 6) is 4.79. The van der Waals surface area contributed by atoms with Crippen molar-refractivity contribution in [3.63, 3.8) is 0 Å². The van der Waals surface area contributed by atoms with Crippen LogP contribution in [0, 0.1) is 11.8 Å². The highest BCUT2D eigenvalue weighted by Gasteiger charge is 2.48. The quantitative estimate of drug-likeness (QED) is 0.634. The minimum Gasteiger partial charge on any atom is -0.488 e. The molecule has 0 spiro atoms. The molecule has 1 unspecified atom stereocenters. The maximum atomic E-state index is 11.1. The zero-order chi connectivity index (χ0) is 11.0. The molecule has 1 aliphatic carbocycles. The van der Waals surface area contributed by atoms with Crippen LogP contribution in [0.25, 0.3) is 0 Å². The Balaban J connectivity index is 2.88. The van der Waals surface area contributed by atoms with Gasteiger partial charge < -0.3 is 9.84 Å². The molecule has 14 heavy (non-hydrogen) atoms. The topological polar surface area (TPSA) is 46.5 Å². The molecule has 0 aromatic carbocycles. The molecule has 1 N–H and O–H groups in total. The Labute approximate surface area is 83.8 Å². The fourth-order valence-electron chi connectivity index (χ4n) is 1.11. The summed E-state index contributed by atoms with van der Waals surface area (Å²) in [7, 11) is 0. The molecule has 0 saturated heterocycles. The van der Waals surface area contributed by atoms with Gasteiger partial charge in [0.15, 0.2) is 5.76 Å². The lowest BCUT2D eigenvalue weighted by atomic mass is 9.85. The molecule has 0 aliphatic heterocycles. The molecule has 0 heterocycles. The summed E-state index contributed by atoms with van der Waals surface area (Å²) in [6.07, 6.45) is 1.27. The zero-order valence-corrected chi connectivity index (χ0v) is 8.84. The Bertz CT molecular complexity index is 349. The molecule has 1 rings (SSSR count). The van der Waals surface area contributed by atoms with E-state index in [-0.39, 0.29) is 5.76 Å². The van der Waals surface area contributed by atoms with Crippen LogP contribution in [0.3, 0.4) is 0 Å². The smallest absolute Gasteiger partial charge is 0.246 e. The lowest BCUT2D eigenvalue weighted by molar-refractivity contribution is -0.135. The average molecular weight is 194 g/mol. The SMILES string of the molecule is CC#CC1(O)C(=O)C=C1OC(C)(C)C. The average Bonchev–Trinajstić information content (AvgIpc) is 2.02. The first-order valence-electron chi connectivity index (χ1n) is 4.41. The van der Waals surface area contributed by atoms with Crippen molar-refractivity contribution in [2.75, 3.05) is 0 Å². The lowest BCUT2D eigenvalue weighted by Gasteiger charge is -2.34. The van der Waals surface area contributed by atoms with Crippen LogP contribution < -0.4 is 0 Å². The third-order valence-electron chi connectivity index (χ3n) is 1.70. The van der Waals surface area contributed by atoms with Crippen LogP contribution in [0.1, 0.15) is 27.7 Å². The van der Waals surface area contributed by atoms with E-state index in [9.17, 15) is 9.90 Å². The molecule has 0 amide bonds. The first kappa shape index (κ1) is 10.8. The second kappa shape index (κ2) is 3.14. The second-order valence-electron chi connectivity index (χ2n) is 4.17. The molecule has 0 saturated carbocycles. The van der Waals surface area contributed by atoms with Crippen molar-refractivity contribution in [3.05, 3.63) is 11.8 Å². The highest BCUT2D eigenvalue weighted by Crippen LogP contribution is 2.32. The van der Waals surface area contributed by atoms with Crippen LogP contribution in [-0.2, 0) is 9.53 Å². The number of carbonyl (C=O) groups is 1. The Morgan fingerprint density at radius 1 is 1.50 bits per heavy atom. The molecule has 0 radical (unpaired) electrons. The third kappa shape index (κ3) is 1.80. The van der Waals surface area contributed by atoms with Crippen molar-refractivity contribution in [3.8, 4) is 11.8 Å². The number of ether oxygens (including phenoxy) is 1. The van der Waals surface area contributed by atoms with Gasteiger partial charge in [-0.15, -0.1) is 5.92 Å². The van der Waals surface area contributed by atoms with Crippen molar-refractivity contribution in [2.45, 2.75) is 38.9 Å². The van der Waals surface area contributed by atoms with E-state index >= 15 is 0 Å². The fourth-order valence-corrected chi connectivity index (χ4v) is 1.11. The van der Waals surface area contributed by atoms with Crippen LogP contribution in [0.4, 0.5) is 0 Å². The standard InChI is InChI=1S/C11H14O3/c1-5-6-11(13)8(12)7-9(11)14-10(2,3)4/h7,13H,1-4H3. The van der Waals surface area contributed by atoms with Gasteiger partial charge in [-0.3, -0.25) is 4.79 Å². The summed E-state index contributed by atoms with van der Waals surface area (Å²) in [5.41, 5.74) is -2.14. The molecule has 3 heteroatoms. The predicted molar refractivity (Wildman–Crippen MR) is 52.3 cm³/mol. The molecule has 0 aromatic rings. The Kier molecular flexibility index (Phi) is 2.43. The molecule has 0 fully saturated rings. The van der Waals surface area contributed by atoms with Crippen molar-refractivity contribution in [1.29, 1.82) is 0 Å². The maximum absolute atomic E-state index is 11.1. The molecule has 1 atom stereocenters. The predicted octanol–water partition coefficient (Wildman–Crippen LogP) is 1.02. The molecular formula is C11H14O3. The van der Waals surface area contributed by atoms with Gasteiger partial charge in [-0.1, -0.05) is 5.92 Å². The van der Waals surface area contributed by atoms with E-state index in [2.05, 4.69) is 11.8 Å². The summed E-state index contributed by atoms with van der Waals surface area (Å²) in [5, 5.41) is 9.79. The minimum absolute atomic E-state index is 0.240. The van der Waals surface area contributed by atoms with Gasteiger partial charge in [0.1, 0.15) is 5.60 Å². The number of hydrogen-bond acceptors (Lipinski definition) is 3. The highest BCUT2D eigenvalue weighted by atomic mass is 16.5. The van der Waals surface area contributed by atoms with Crippen LogP contribution >= 0.6 is 0 Å². The molecule has 76 valence electrons. The van der Waals surface area contributed by atoms with Crippen LogP contribution in [0.2, 0.25) is 0 Å². The largest absolute Gasteiger partial charge is 0.488 e. The number of hydrogen-bond donors (Lipinski definition) is 1. The van der Waals surface area contributed by atoms with E-state index in [1.54, 1.807) is 6.92 Å². The van der Waals surface area contributed by atoms with Gasteiger partial charge in [0, 0.05) is 6.08 Å². The van der Waals surface area contributed by atoms with E-state index in [1.165, 1.54) is 6.08 Å². The normalized spacial score (nSPS) is 25.8. The molecule has 0 bridgehead atoms. The molecule has 0 aromatic heterocycles. The fraction of sp³-hybridized carbons (Fsp3) is 0.545. The highest BCUT2D eigenvalue weighted by molar-refractivity contribution is 6.09. The van der Waals surface area contributed by atoms with E-state index in [0.29, 0.717) is 0 Å². The van der Waals surface area contributed by atoms with Gasteiger partial charge in [0.2, 0.25) is 11.4 Å². The van der Waals surface area contributed by atoms with Crippen molar-refractivity contribution < 1.29 is 14.6 Å². The third-order valence-corrected chi connectivity index (χ3v) is 1.70. The van der Waals surface area contributed by atoms with Gasteiger partial charge >= 0.3 is 0 Å². The monoisotopic (exact) mass is 194 g/mol. The second-order valence-corrected chi connectivity index (χ2v) is 4.17. The summed E-state index contributed by atoms with van der Waals surface area (Å²) in [4.78, 5) is 11.1. The van der Waals surface area contributed by atoms with E-state index in [0.717, 1.165) is 0 Å². The molecule has 1 aliphatic rings. The Hall–Kier alpha value is -1.27. The maximum Gasteiger partial charge on any atom is 0.246 e. The van der Waals surface area contributed by atoms with Gasteiger partial charge in [-0.25, -0.2) is 0 Å². The molecular weight excluding hydrogens is 180 g/mol. The Morgan fingerprint density at radius 2 is 2.07 bits per heavy atom. The van der Waals surface area contributed by atoms with Gasteiger partial charge in [-0.2, -0.15) is 0 Å². The summed E-state index contributed by atoms with van der Waals surface area (Å²) < 4.78 is 5.40.